The number of aliphatic hydroxyl groups is 1. The minimum atomic E-state index is -1.32. The van der Waals surface area contributed by atoms with Gasteiger partial charge in [0.25, 0.3) is 0 Å². The van der Waals surface area contributed by atoms with Crippen LogP contribution in [0.15, 0.2) is 35.4 Å². The van der Waals surface area contributed by atoms with E-state index in [0.717, 1.165) is 34.0 Å². The number of benzene rings is 1. The molecule has 1 aliphatic heterocycles. The van der Waals surface area contributed by atoms with Crippen LogP contribution < -0.4 is 4.74 Å². The third-order valence-electron chi connectivity index (χ3n) is 4.35. The first-order valence-electron chi connectivity index (χ1n) is 8.66. The van der Waals surface area contributed by atoms with Crippen molar-refractivity contribution in [1.82, 2.24) is 8.87 Å². The summed E-state index contributed by atoms with van der Waals surface area (Å²) in [7, 11) is 0.310. The van der Waals surface area contributed by atoms with Crippen LogP contribution in [-0.4, -0.2) is 38.4 Å². The molecule has 0 radical (unpaired) electrons. The molecule has 0 bridgehead atoms. The Hall–Kier alpha value is -1.63. The van der Waals surface area contributed by atoms with Crippen LogP contribution in [0.5, 0.6) is 5.75 Å². The standard InChI is InChI=1S/C17H22N2O3S.C2H6/c1-12-9-14(22-3)10-13(2)17(12)23(21)19-8-7-18-6-4-5-15(18)16(19)11-20;1-2/h4-6,9-10,16,20H,7-8,11H2,1-3H3;1-2H3. The average molecular weight is 365 g/mol. The largest absolute Gasteiger partial charge is 0.497 e. The fourth-order valence-electron chi connectivity index (χ4n) is 3.25. The molecule has 0 aliphatic carbocycles. The van der Waals surface area contributed by atoms with Crippen molar-refractivity contribution >= 4 is 11.0 Å². The van der Waals surface area contributed by atoms with Crippen molar-refractivity contribution in [1.29, 1.82) is 0 Å². The zero-order chi connectivity index (χ0) is 18.6. The Morgan fingerprint density at radius 1 is 1.24 bits per heavy atom. The number of fused-ring (bicyclic) bond motifs is 1. The van der Waals surface area contributed by atoms with Gasteiger partial charge in [-0.1, -0.05) is 13.8 Å². The summed E-state index contributed by atoms with van der Waals surface area (Å²) in [5.74, 6) is 0.770. The van der Waals surface area contributed by atoms with Gasteiger partial charge >= 0.3 is 0 Å². The van der Waals surface area contributed by atoms with E-state index in [-0.39, 0.29) is 12.6 Å². The SMILES string of the molecule is CC.COc1cc(C)c(S(=O)N2CCn3cccc3C2CO)c(C)c1. The second-order valence-corrected chi connectivity index (χ2v) is 7.18. The van der Waals surface area contributed by atoms with E-state index >= 15 is 0 Å². The van der Waals surface area contributed by atoms with E-state index in [2.05, 4.69) is 4.57 Å². The van der Waals surface area contributed by atoms with Crippen molar-refractivity contribution in [2.45, 2.75) is 45.2 Å². The average Bonchev–Trinajstić information content (AvgIpc) is 3.10. The molecule has 1 aliphatic rings. The molecule has 2 aromatic rings. The van der Waals surface area contributed by atoms with Crippen LogP contribution in [0.25, 0.3) is 0 Å². The predicted octanol–water partition coefficient (Wildman–Crippen LogP) is 3.21. The zero-order valence-electron chi connectivity index (χ0n) is 15.7. The second kappa shape index (κ2) is 8.65. The molecule has 25 heavy (non-hydrogen) atoms. The highest BCUT2D eigenvalue weighted by atomic mass is 32.2. The molecule has 0 fully saturated rings. The second-order valence-electron chi connectivity index (χ2n) is 5.80. The first kappa shape index (κ1) is 19.7. The molecule has 2 heterocycles. The Labute approximate surface area is 152 Å². The van der Waals surface area contributed by atoms with Gasteiger partial charge in [-0.05, 0) is 49.2 Å². The van der Waals surface area contributed by atoms with Crippen molar-refractivity contribution in [2.24, 2.45) is 0 Å². The van der Waals surface area contributed by atoms with Crippen LogP contribution in [0.2, 0.25) is 0 Å². The van der Waals surface area contributed by atoms with Gasteiger partial charge < -0.3 is 14.4 Å². The fourth-order valence-corrected chi connectivity index (χ4v) is 4.80. The first-order valence-corrected chi connectivity index (χ1v) is 9.77. The number of aryl methyl sites for hydroxylation is 2. The monoisotopic (exact) mass is 364 g/mol. The molecule has 0 saturated heterocycles. The number of rotatable bonds is 4. The predicted molar refractivity (Wildman–Crippen MR) is 101 cm³/mol. The maximum Gasteiger partial charge on any atom is 0.128 e. The van der Waals surface area contributed by atoms with Gasteiger partial charge in [0, 0.05) is 25.0 Å². The Morgan fingerprint density at radius 2 is 1.88 bits per heavy atom. The smallest absolute Gasteiger partial charge is 0.128 e. The normalized spacial score (nSPS) is 18.1. The molecule has 5 nitrogen and oxygen atoms in total. The Balaban J connectivity index is 0.00000109. The minimum absolute atomic E-state index is 0.0516. The number of hydrogen-bond donors (Lipinski definition) is 1. The molecule has 0 saturated carbocycles. The molecule has 138 valence electrons. The van der Waals surface area contributed by atoms with E-state index in [1.54, 1.807) is 7.11 Å². The maximum absolute atomic E-state index is 13.2. The summed E-state index contributed by atoms with van der Waals surface area (Å²) in [6, 6.07) is 7.51. The topological polar surface area (TPSA) is 54.7 Å². The summed E-state index contributed by atoms with van der Waals surface area (Å²) < 4.78 is 22.5. The molecule has 2 unspecified atom stereocenters. The van der Waals surface area contributed by atoms with Crippen molar-refractivity contribution in [3.05, 3.63) is 47.3 Å². The van der Waals surface area contributed by atoms with E-state index in [9.17, 15) is 9.32 Å². The number of aliphatic hydroxyl groups excluding tert-OH is 1. The maximum atomic E-state index is 13.2. The van der Waals surface area contributed by atoms with Crippen molar-refractivity contribution in [3.63, 3.8) is 0 Å². The lowest BCUT2D eigenvalue weighted by Crippen LogP contribution is -2.40. The fraction of sp³-hybridized carbons (Fsp3) is 0.474. The van der Waals surface area contributed by atoms with E-state index in [1.165, 1.54) is 0 Å². The van der Waals surface area contributed by atoms with Gasteiger partial charge in [0.1, 0.15) is 16.7 Å². The summed E-state index contributed by atoms with van der Waals surface area (Å²) in [5.41, 5.74) is 2.89. The Kier molecular flexibility index (Phi) is 6.81. The summed E-state index contributed by atoms with van der Waals surface area (Å²) in [5, 5.41) is 9.83. The molecule has 0 amide bonds. The number of methoxy groups -OCH3 is 1. The van der Waals surface area contributed by atoms with Crippen molar-refractivity contribution in [2.75, 3.05) is 20.3 Å². The molecule has 1 aromatic heterocycles. The van der Waals surface area contributed by atoms with Gasteiger partial charge in [0.15, 0.2) is 0 Å². The summed E-state index contributed by atoms with van der Waals surface area (Å²) >= 11 is 0. The van der Waals surface area contributed by atoms with Gasteiger partial charge in [0.2, 0.25) is 0 Å². The third-order valence-corrected chi connectivity index (χ3v) is 6.20. The molecular formula is C19H28N2O3S. The Morgan fingerprint density at radius 3 is 2.44 bits per heavy atom. The van der Waals surface area contributed by atoms with E-state index < -0.39 is 11.0 Å². The molecule has 0 spiro atoms. The lowest BCUT2D eigenvalue weighted by Gasteiger charge is -2.35. The van der Waals surface area contributed by atoms with Gasteiger partial charge in [-0.2, -0.15) is 0 Å². The number of nitrogens with zero attached hydrogens (tertiary/aromatic N) is 2. The van der Waals surface area contributed by atoms with Crippen LogP contribution in [0.1, 0.15) is 36.7 Å². The third kappa shape index (κ3) is 3.81. The van der Waals surface area contributed by atoms with Gasteiger partial charge in [-0.3, -0.25) is 0 Å². The molecule has 1 N–H and O–H groups in total. The molecule has 2 atom stereocenters. The Bertz CT molecular complexity index is 719. The van der Waals surface area contributed by atoms with Crippen LogP contribution >= 0.6 is 0 Å². The van der Waals surface area contributed by atoms with E-state index in [1.807, 2.05) is 62.5 Å². The number of ether oxygens (including phenoxy) is 1. The lowest BCUT2D eigenvalue weighted by molar-refractivity contribution is 0.167. The minimum Gasteiger partial charge on any atom is -0.497 e. The van der Waals surface area contributed by atoms with Gasteiger partial charge in [0.05, 0.1) is 24.7 Å². The molecule has 3 rings (SSSR count). The van der Waals surface area contributed by atoms with Crippen LogP contribution in [0, 0.1) is 13.8 Å². The highest BCUT2D eigenvalue weighted by Crippen LogP contribution is 2.32. The van der Waals surface area contributed by atoms with E-state index in [4.69, 9.17) is 4.74 Å². The van der Waals surface area contributed by atoms with Gasteiger partial charge in [-0.25, -0.2) is 8.51 Å². The number of aromatic nitrogens is 1. The first-order chi connectivity index (χ1) is 12.1. The van der Waals surface area contributed by atoms with Crippen LogP contribution in [-0.2, 0) is 17.5 Å². The van der Waals surface area contributed by atoms with Crippen molar-refractivity contribution in [3.8, 4) is 5.75 Å². The summed E-state index contributed by atoms with van der Waals surface area (Å²) in [4.78, 5) is 0.809. The summed E-state index contributed by atoms with van der Waals surface area (Å²) in [6.45, 7) is 9.26. The highest BCUT2D eigenvalue weighted by Gasteiger charge is 2.32. The zero-order valence-corrected chi connectivity index (χ0v) is 16.5. The van der Waals surface area contributed by atoms with E-state index in [0.29, 0.717) is 6.54 Å². The lowest BCUT2D eigenvalue weighted by atomic mass is 10.1. The molecular weight excluding hydrogens is 336 g/mol. The van der Waals surface area contributed by atoms with Crippen molar-refractivity contribution < 1.29 is 14.1 Å². The highest BCUT2D eigenvalue weighted by molar-refractivity contribution is 7.82. The summed E-state index contributed by atoms with van der Waals surface area (Å²) in [6.07, 6.45) is 2.00. The molecule has 6 heteroatoms. The van der Waals surface area contributed by atoms with Gasteiger partial charge in [-0.15, -0.1) is 0 Å². The number of hydrogen-bond acceptors (Lipinski definition) is 3. The van der Waals surface area contributed by atoms with Crippen LogP contribution in [0.4, 0.5) is 0 Å². The quantitative estimate of drug-likeness (QED) is 0.906. The molecule has 1 aromatic carbocycles. The van der Waals surface area contributed by atoms with Crippen LogP contribution in [0.3, 0.4) is 0 Å².